The van der Waals surface area contributed by atoms with Crippen molar-refractivity contribution in [3.05, 3.63) is 35.4 Å². The molecule has 1 aliphatic rings. The molecule has 92 valence electrons. The number of benzene rings is 1. The van der Waals surface area contributed by atoms with E-state index in [4.69, 9.17) is 0 Å². The topological polar surface area (TPSA) is 29.1 Å². The summed E-state index contributed by atoms with van der Waals surface area (Å²) < 4.78 is 0. The molecule has 1 saturated heterocycles. The van der Waals surface area contributed by atoms with E-state index in [2.05, 4.69) is 12.2 Å². The van der Waals surface area contributed by atoms with E-state index < -0.39 is 0 Å². The Labute approximate surface area is 103 Å². The van der Waals surface area contributed by atoms with E-state index in [1.54, 1.807) is 0 Å². The Morgan fingerprint density at radius 3 is 2.59 bits per heavy atom. The lowest BCUT2D eigenvalue weighted by Gasteiger charge is -2.26. The summed E-state index contributed by atoms with van der Waals surface area (Å²) >= 11 is 0. The summed E-state index contributed by atoms with van der Waals surface area (Å²) in [4.78, 5) is 12.6. The number of carbonyl (C=O) groups is 1. The molecule has 1 N–H and O–H groups in total. The van der Waals surface area contributed by atoms with E-state index in [0.717, 1.165) is 37.9 Å². The Bertz CT molecular complexity index is 388. The number of aryl methyl sites for hydroxylation is 1. The predicted octanol–water partition coefficient (Wildman–Crippen LogP) is 2.96. The molecule has 2 rings (SSSR count). The summed E-state index contributed by atoms with van der Waals surface area (Å²) in [5, 5.41) is 3.34. The summed E-state index contributed by atoms with van der Waals surface area (Å²) in [6, 6.07) is 7.98. The maximum atomic E-state index is 12.6. The van der Waals surface area contributed by atoms with Gasteiger partial charge in [-0.1, -0.05) is 43.2 Å². The normalized spacial score (nSPS) is 23.9. The second-order valence-electron chi connectivity index (χ2n) is 5.15. The average molecular weight is 231 g/mol. The van der Waals surface area contributed by atoms with Crippen LogP contribution in [0.1, 0.15) is 42.1 Å². The van der Waals surface area contributed by atoms with Crippen LogP contribution in [0, 0.1) is 12.3 Å². The van der Waals surface area contributed by atoms with Crippen molar-refractivity contribution in [3.63, 3.8) is 0 Å². The molecule has 17 heavy (non-hydrogen) atoms. The third kappa shape index (κ3) is 2.42. The van der Waals surface area contributed by atoms with Crippen LogP contribution in [-0.4, -0.2) is 18.9 Å². The highest BCUT2D eigenvalue weighted by Crippen LogP contribution is 2.34. The second-order valence-corrected chi connectivity index (χ2v) is 5.15. The van der Waals surface area contributed by atoms with Gasteiger partial charge in [0, 0.05) is 17.5 Å². The molecule has 0 aromatic heterocycles. The van der Waals surface area contributed by atoms with E-state index in [1.807, 2.05) is 31.2 Å². The molecule has 2 nitrogen and oxygen atoms in total. The van der Waals surface area contributed by atoms with Crippen molar-refractivity contribution >= 4 is 5.78 Å². The number of nitrogens with one attached hydrogen (secondary N) is 1. The van der Waals surface area contributed by atoms with Crippen molar-refractivity contribution in [3.8, 4) is 0 Å². The highest BCUT2D eigenvalue weighted by Gasteiger charge is 2.40. The molecule has 0 radical (unpaired) electrons. The van der Waals surface area contributed by atoms with Gasteiger partial charge in [0.25, 0.3) is 0 Å². The average Bonchev–Trinajstić information content (AvgIpc) is 2.79. The zero-order valence-corrected chi connectivity index (χ0v) is 10.8. The molecule has 1 fully saturated rings. The van der Waals surface area contributed by atoms with E-state index in [1.165, 1.54) is 5.56 Å². The minimum atomic E-state index is -0.149. The SMILES string of the molecule is CCCC1(C(=O)c2ccc(C)cc2)CCNC1. The van der Waals surface area contributed by atoms with Crippen LogP contribution >= 0.6 is 0 Å². The zero-order chi connectivity index (χ0) is 12.3. The molecule has 1 atom stereocenters. The molecule has 1 aliphatic heterocycles. The molecule has 2 heteroatoms. The lowest BCUT2D eigenvalue weighted by Crippen LogP contribution is -2.33. The third-order valence-corrected chi connectivity index (χ3v) is 3.77. The van der Waals surface area contributed by atoms with E-state index in [-0.39, 0.29) is 5.41 Å². The fourth-order valence-electron chi connectivity index (χ4n) is 2.75. The molecule has 0 saturated carbocycles. The molecular formula is C15H21NO. The first kappa shape index (κ1) is 12.3. The summed E-state index contributed by atoms with van der Waals surface area (Å²) in [6.07, 6.45) is 3.04. The van der Waals surface area contributed by atoms with Crippen molar-refractivity contribution in [1.82, 2.24) is 5.32 Å². The van der Waals surface area contributed by atoms with Gasteiger partial charge in [-0.15, -0.1) is 0 Å². The Morgan fingerprint density at radius 1 is 1.35 bits per heavy atom. The maximum Gasteiger partial charge on any atom is 0.170 e. The molecule has 1 heterocycles. The first-order valence-corrected chi connectivity index (χ1v) is 6.50. The first-order chi connectivity index (χ1) is 8.18. The van der Waals surface area contributed by atoms with Crippen molar-refractivity contribution in [1.29, 1.82) is 0 Å². The molecule has 0 aliphatic carbocycles. The predicted molar refractivity (Wildman–Crippen MR) is 70.3 cm³/mol. The Hall–Kier alpha value is -1.15. The molecule has 1 unspecified atom stereocenters. The largest absolute Gasteiger partial charge is 0.316 e. The Morgan fingerprint density at radius 2 is 2.06 bits per heavy atom. The maximum absolute atomic E-state index is 12.6. The van der Waals surface area contributed by atoms with Gasteiger partial charge in [-0.3, -0.25) is 4.79 Å². The van der Waals surface area contributed by atoms with Crippen molar-refractivity contribution in [2.75, 3.05) is 13.1 Å². The zero-order valence-electron chi connectivity index (χ0n) is 10.8. The van der Waals surface area contributed by atoms with Gasteiger partial charge < -0.3 is 5.32 Å². The molecule has 0 spiro atoms. The Kier molecular flexibility index (Phi) is 3.63. The van der Waals surface area contributed by atoms with Crippen LogP contribution in [0.5, 0.6) is 0 Å². The third-order valence-electron chi connectivity index (χ3n) is 3.77. The monoisotopic (exact) mass is 231 g/mol. The van der Waals surface area contributed by atoms with Crippen LogP contribution in [0.25, 0.3) is 0 Å². The lowest BCUT2D eigenvalue weighted by atomic mass is 9.76. The van der Waals surface area contributed by atoms with Gasteiger partial charge in [0.1, 0.15) is 0 Å². The minimum absolute atomic E-state index is 0.149. The summed E-state index contributed by atoms with van der Waals surface area (Å²) in [7, 11) is 0. The summed E-state index contributed by atoms with van der Waals surface area (Å²) in [5.41, 5.74) is 1.92. The van der Waals surface area contributed by atoms with Crippen molar-refractivity contribution in [2.24, 2.45) is 5.41 Å². The van der Waals surface area contributed by atoms with E-state index in [9.17, 15) is 4.79 Å². The van der Waals surface area contributed by atoms with Gasteiger partial charge in [-0.2, -0.15) is 0 Å². The first-order valence-electron chi connectivity index (χ1n) is 6.50. The van der Waals surface area contributed by atoms with Gasteiger partial charge >= 0.3 is 0 Å². The second kappa shape index (κ2) is 5.01. The van der Waals surface area contributed by atoms with E-state index in [0.29, 0.717) is 5.78 Å². The fraction of sp³-hybridized carbons (Fsp3) is 0.533. The highest BCUT2D eigenvalue weighted by atomic mass is 16.1. The number of Topliss-reactive ketones (excluding diaryl/α,β-unsaturated/α-hetero) is 1. The molecule has 0 amide bonds. The number of carbonyl (C=O) groups excluding carboxylic acids is 1. The van der Waals surface area contributed by atoms with Gasteiger partial charge in [0.2, 0.25) is 0 Å². The van der Waals surface area contributed by atoms with Crippen molar-refractivity contribution < 1.29 is 4.79 Å². The van der Waals surface area contributed by atoms with Crippen LogP contribution in [-0.2, 0) is 0 Å². The lowest BCUT2D eigenvalue weighted by molar-refractivity contribution is 0.0802. The molecular weight excluding hydrogens is 210 g/mol. The van der Waals surface area contributed by atoms with Gasteiger partial charge in [0.15, 0.2) is 5.78 Å². The molecule has 1 aromatic carbocycles. The quantitative estimate of drug-likeness (QED) is 0.807. The summed E-state index contributed by atoms with van der Waals surface area (Å²) in [6.45, 7) is 6.01. The van der Waals surface area contributed by atoms with Gasteiger partial charge in [-0.25, -0.2) is 0 Å². The van der Waals surface area contributed by atoms with Crippen LogP contribution in [0.15, 0.2) is 24.3 Å². The van der Waals surface area contributed by atoms with Crippen molar-refractivity contribution in [2.45, 2.75) is 33.1 Å². The van der Waals surface area contributed by atoms with Gasteiger partial charge in [-0.05, 0) is 26.3 Å². The smallest absolute Gasteiger partial charge is 0.170 e. The number of ketones is 1. The summed E-state index contributed by atoms with van der Waals surface area (Å²) in [5.74, 6) is 0.323. The number of hydrogen-bond acceptors (Lipinski definition) is 2. The Balaban J connectivity index is 2.25. The highest BCUT2D eigenvalue weighted by molar-refractivity contribution is 6.01. The number of hydrogen-bond donors (Lipinski definition) is 1. The van der Waals surface area contributed by atoms with Crippen LogP contribution < -0.4 is 5.32 Å². The standard InChI is InChI=1S/C15H21NO/c1-3-8-15(9-10-16-11-15)14(17)13-6-4-12(2)5-7-13/h4-7,16H,3,8-11H2,1-2H3. The molecule has 0 bridgehead atoms. The van der Waals surface area contributed by atoms with Gasteiger partial charge in [0.05, 0.1) is 0 Å². The fourth-order valence-corrected chi connectivity index (χ4v) is 2.75. The van der Waals surface area contributed by atoms with Crippen LogP contribution in [0.2, 0.25) is 0 Å². The minimum Gasteiger partial charge on any atom is -0.316 e. The molecule has 1 aromatic rings. The van der Waals surface area contributed by atoms with Crippen LogP contribution in [0.3, 0.4) is 0 Å². The van der Waals surface area contributed by atoms with E-state index >= 15 is 0 Å². The van der Waals surface area contributed by atoms with Crippen LogP contribution in [0.4, 0.5) is 0 Å². The number of rotatable bonds is 4.